The summed E-state index contributed by atoms with van der Waals surface area (Å²) in [4.78, 5) is 16.9. The van der Waals surface area contributed by atoms with Gasteiger partial charge in [-0.25, -0.2) is 4.98 Å². The van der Waals surface area contributed by atoms with Crippen molar-refractivity contribution in [1.82, 2.24) is 20.5 Å². The number of rotatable bonds is 7. The molecule has 0 atom stereocenters. The van der Waals surface area contributed by atoms with Crippen LogP contribution in [0.4, 0.5) is 0 Å². The number of benzene rings is 2. The summed E-state index contributed by atoms with van der Waals surface area (Å²) in [5.74, 6) is 2.56. The lowest BCUT2D eigenvalue weighted by Gasteiger charge is -2.11. The molecule has 0 saturated heterocycles. The molecular formula is C19H19BrN4O4. The molecule has 2 aromatic carbocycles. The highest BCUT2D eigenvalue weighted by molar-refractivity contribution is 9.10. The van der Waals surface area contributed by atoms with Crippen LogP contribution in [0.2, 0.25) is 0 Å². The summed E-state index contributed by atoms with van der Waals surface area (Å²) >= 11 is 3.38. The van der Waals surface area contributed by atoms with Gasteiger partial charge in [-0.15, -0.1) is 0 Å². The molecule has 0 saturated carbocycles. The Kier molecular flexibility index (Phi) is 6.15. The van der Waals surface area contributed by atoms with Gasteiger partial charge in [0.15, 0.2) is 5.82 Å². The largest absolute Gasteiger partial charge is 0.497 e. The highest BCUT2D eigenvalue weighted by Gasteiger charge is 2.15. The normalized spacial score (nSPS) is 10.4. The zero-order chi connectivity index (χ0) is 20.1. The van der Waals surface area contributed by atoms with Gasteiger partial charge in [-0.3, -0.25) is 9.89 Å². The maximum atomic E-state index is 12.5. The molecule has 0 aliphatic carbocycles. The molecule has 0 radical (unpaired) electrons. The van der Waals surface area contributed by atoms with Gasteiger partial charge in [-0.1, -0.05) is 0 Å². The molecule has 146 valence electrons. The van der Waals surface area contributed by atoms with E-state index in [0.717, 1.165) is 11.3 Å². The van der Waals surface area contributed by atoms with Crippen molar-refractivity contribution in [3.8, 4) is 28.6 Å². The summed E-state index contributed by atoms with van der Waals surface area (Å²) in [6, 6.07) is 10.7. The Hall–Kier alpha value is -3.07. The van der Waals surface area contributed by atoms with Crippen LogP contribution < -0.4 is 19.5 Å². The van der Waals surface area contributed by atoms with Gasteiger partial charge in [0.25, 0.3) is 5.91 Å². The van der Waals surface area contributed by atoms with Crippen molar-refractivity contribution < 1.29 is 19.0 Å². The van der Waals surface area contributed by atoms with Crippen LogP contribution in [0, 0.1) is 0 Å². The molecule has 0 bridgehead atoms. The predicted molar refractivity (Wildman–Crippen MR) is 107 cm³/mol. The number of methoxy groups -OCH3 is 3. The van der Waals surface area contributed by atoms with Crippen molar-refractivity contribution in [2.24, 2.45) is 0 Å². The van der Waals surface area contributed by atoms with E-state index in [1.54, 1.807) is 19.2 Å². The molecule has 3 rings (SSSR count). The van der Waals surface area contributed by atoms with Crippen LogP contribution in [0.5, 0.6) is 17.2 Å². The van der Waals surface area contributed by atoms with Crippen LogP contribution in [-0.2, 0) is 6.54 Å². The number of aromatic nitrogens is 3. The van der Waals surface area contributed by atoms with Gasteiger partial charge < -0.3 is 19.5 Å². The monoisotopic (exact) mass is 446 g/mol. The van der Waals surface area contributed by atoms with Gasteiger partial charge in [-0.2, -0.15) is 5.10 Å². The standard InChI is InChI=1S/C19H19BrN4O4/c1-26-13-6-4-11(5-7-13)18-22-16(23-24-18)10-21-19(25)12-8-14(27-2)17(20)15(9-12)28-3/h4-9H,10H2,1-3H3,(H,21,25)(H,22,23,24). The van der Waals surface area contributed by atoms with Crippen molar-refractivity contribution >= 4 is 21.8 Å². The topological polar surface area (TPSA) is 98.4 Å². The maximum Gasteiger partial charge on any atom is 0.251 e. The smallest absolute Gasteiger partial charge is 0.251 e. The van der Waals surface area contributed by atoms with Gasteiger partial charge in [-0.05, 0) is 52.3 Å². The Morgan fingerprint density at radius 1 is 1.07 bits per heavy atom. The first-order chi connectivity index (χ1) is 13.5. The Labute approximate surface area is 170 Å². The summed E-state index contributed by atoms with van der Waals surface area (Å²) in [5, 5.41) is 9.82. The summed E-state index contributed by atoms with van der Waals surface area (Å²) in [6.45, 7) is 0.197. The zero-order valence-electron chi connectivity index (χ0n) is 15.6. The molecule has 1 amide bonds. The minimum atomic E-state index is -0.286. The molecule has 28 heavy (non-hydrogen) atoms. The van der Waals surface area contributed by atoms with Crippen LogP contribution in [0.3, 0.4) is 0 Å². The van der Waals surface area contributed by atoms with Crippen molar-refractivity contribution in [2.45, 2.75) is 6.54 Å². The maximum absolute atomic E-state index is 12.5. The average Bonchev–Trinajstić information content (AvgIpc) is 3.21. The average molecular weight is 447 g/mol. The number of halogens is 1. The van der Waals surface area contributed by atoms with E-state index in [0.29, 0.717) is 33.2 Å². The molecule has 0 aliphatic rings. The molecule has 0 aliphatic heterocycles. The molecule has 0 unspecified atom stereocenters. The molecule has 0 spiro atoms. The van der Waals surface area contributed by atoms with Gasteiger partial charge in [0.1, 0.15) is 27.5 Å². The number of H-pyrrole nitrogens is 1. The van der Waals surface area contributed by atoms with E-state index in [9.17, 15) is 4.79 Å². The Bertz CT molecular complexity index is 947. The fourth-order valence-electron chi connectivity index (χ4n) is 2.51. The van der Waals surface area contributed by atoms with E-state index in [4.69, 9.17) is 14.2 Å². The second-order valence-electron chi connectivity index (χ2n) is 5.71. The quantitative estimate of drug-likeness (QED) is 0.578. The molecule has 8 nitrogen and oxygen atoms in total. The number of carbonyl (C=O) groups excluding carboxylic acids is 1. The SMILES string of the molecule is COc1ccc(-c2n[nH]c(CNC(=O)c3cc(OC)c(Br)c(OC)c3)n2)cc1. The lowest BCUT2D eigenvalue weighted by Crippen LogP contribution is -2.23. The summed E-state index contributed by atoms with van der Waals surface area (Å²) in [6.07, 6.45) is 0. The van der Waals surface area contributed by atoms with Crippen LogP contribution in [-0.4, -0.2) is 42.4 Å². The van der Waals surface area contributed by atoms with Crippen LogP contribution in [0.15, 0.2) is 40.9 Å². The van der Waals surface area contributed by atoms with Gasteiger partial charge in [0.2, 0.25) is 0 Å². The number of hydrogen-bond donors (Lipinski definition) is 2. The first kappa shape index (κ1) is 19.7. The number of amides is 1. The first-order valence-corrected chi connectivity index (χ1v) is 9.10. The molecule has 0 fully saturated rings. The Morgan fingerprint density at radius 2 is 1.71 bits per heavy atom. The van der Waals surface area contributed by atoms with Crippen LogP contribution in [0.25, 0.3) is 11.4 Å². The number of ether oxygens (including phenoxy) is 3. The number of aromatic amines is 1. The second kappa shape index (κ2) is 8.75. The van der Waals surface area contributed by atoms with E-state index in [2.05, 4.69) is 36.4 Å². The third-order valence-corrected chi connectivity index (χ3v) is 4.79. The van der Waals surface area contributed by atoms with Crippen LogP contribution >= 0.6 is 15.9 Å². The highest BCUT2D eigenvalue weighted by atomic mass is 79.9. The molecule has 1 aromatic heterocycles. The van der Waals surface area contributed by atoms with Crippen LogP contribution in [0.1, 0.15) is 16.2 Å². The fraction of sp³-hybridized carbons (Fsp3) is 0.211. The first-order valence-electron chi connectivity index (χ1n) is 8.31. The van der Waals surface area contributed by atoms with E-state index >= 15 is 0 Å². The molecular weight excluding hydrogens is 428 g/mol. The van der Waals surface area contributed by atoms with Crippen molar-refractivity contribution in [1.29, 1.82) is 0 Å². The van der Waals surface area contributed by atoms with Crippen molar-refractivity contribution in [3.05, 3.63) is 52.3 Å². The van der Waals surface area contributed by atoms with Gasteiger partial charge in [0, 0.05) is 11.1 Å². The van der Waals surface area contributed by atoms with E-state index in [1.165, 1.54) is 14.2 Å². The molecule has 2 N–H and O–H groups in total. The van der Waals surface area contributed by atoms with Crippen molar-refractivity contribution in [3.63, 3.8) is 0 Å². The Balaban J connectivity index is 1.69. The predicted octanol–water partition coefficient (Wildman–Crippen LogP) is 3.19. The third kappa shape index (κ3) is 4.25. The Morgan fingerprint density at radius 3 is 2.29 bits per heavy atom. The second-order valence-corrected chi connectivity index (χ2v) is 6.50. The fourth-order valence-corrected chi connectivity index (χ4v) is 3.06. The lowest BCUT2D eigenvalue weighted by molar-refractivity contribution is 0.0949. The molecule has 9 heteroatoms. The lowest BCUT2D eigenvalue weighted by atomic mass is 10.2. The van der Waals surface area contributed by atoms with Crippen molar-refractivity contribution in [2.75, 3.05) is 21.3 Å². The summed E-state index contributed by atoms with van der Waals surface area (Å²) in [5.41, 5.74) is 1.25. The minimum Gasteiger partial charge on any atom is -0.497 e. The summed E-state index contributed by atoms with van der Waals surface area (Å²) in [7, 11) is 4.66. The number of nitrogens with zero attached hydrogens (tertiary/aromatic N) is 2. The summed E-state index contributed by atoms with van der Waals surface area (Å²) < 4.78 is 16.3. The number of carbonyl (C=O) groups is 1. The number of hydrogen-bond acceptors (Lipinski definition) is 6. The van der Waals surface area contributed by atoms with Gasteiger partial charge >= 0.3 is 0 Å². The van der Waals surface area contributed by atoms with Gasteiger partial charge in [0.05, 0.1) is 27.9 Å². The third-order valence-electron chi connectivity index (χ3n) is 4.00. The minimum absolute atomic E-state index is 0.197. The molecule has 3 aromatic rings. The van der Waals surface area contributed by atoms with E-state index < -0.39 is 0 Å². The zero-order valence-corrected chi connectivity index (χ0v) is 17.2. The molecule has 1 heterocycles. The number of nitrogens with one attached hydrogen (secondary N) is 2. The highest BCUT2D eigenvalue weighted by Crippen LogP contribution is 2.35. The van der Waals surface area contributed by atoms with E-state index in [1.807, 2.05) is 24.3 Å². The van der Waals surface area contributed by atoms with E-state index in [-0.39, 0.29) is 12.5 Å².